The molecule has 2 aromatic rings. The molecule has 0 saturated carbocycles. The molecule has 3 heteroatoms. The summed E-state index contributed by atoms with van der Waals surface area (Å²) >= 11 is 5.99. The molecule has 0 saturated heterocycles. The molecule has 78 valence electrons. The summed E-state index contributed by atoms with van der Waals surface area (Å²) in [7, 11) is 0. The zero-order valence-corrected chi connectivity index (χ0v) is 9.46. The first-order valence-electron chi connectivity index (χ1n) is 5.22. The fraction of sp³-hybridized carbons (Fsp3) is 0.333. The van der Waals surface area contributed by atoms with Gasteiger partial charge in [0.1, 0.15) is 0 Å². The molecule has 2 rings (SSSR count). The Hall–Kier alpha value is -1.15. The van der Waals surface area contributed by atoms with E-state index in [1.165, 1.54) is 6.42 Å². The van der Waals surface area contributed by atoms with Crippen molar-refractivity contribution >= 4 is 22.4 Å². The number of halogens is 1. The average Bonchev–Trinajstić information content (AvgIpc) is 2.29. The zero-order chi connectivity index (χ0) is 10.7. The fourth-order valence-electron chi connectivity index (χ4n) is 1.66. The van der Waals surface area contributed by atoms with Gasteiger partial charge in [0.15, 0.2) is 5.15 Å². The molecule has 2 nitrogen and oxygen atoms in total. The highest BCUT2D eigenvalue weighted by molar-refractivity contribution is 6.34. The maximum absolute atomic E-state index is 5.99. The van der Waals surface area contributed by atoms with Crippen molar-refractivity contribution < 1.29 is 0 Å². The Morgan fingerprint density at radius 2 is 1.87 bits per heavy atom. The van der Waals surface area contributed by atoms with Crippen molar-refractivity contribution in [2.45, 2.75) is 26.2 Å². The number of unbranched alkanes of at least 4 members (excludes halogenated alkanes) is 1. The van der Waals surface area contributed by atoms with Crippen LogP contribution in [-0.4, -0.2) is 10.2 Å². The first kappa shape index (κ1) is 10.4. The number of rotatable bonds is 3. The minimum Gasteiger partial charge on any atom is -0.153 e. The largest absolute Gasteiger partial charge is 0.159 e. The van der Waals surface area contributed by atoms with Gasteiger partial charge in [-0.1, -0.05) is 49.2 Å². The van der Waals surface area contributed by atoms with Crippen LogP contribution in [0.5, 0.6) is 0 Å². The van der Waals surface area contributed by atoms with E-state index in [2.05, 4.69) is 23.2 Å². The van der Waals surface area contributed by atoms with Crippen molar-refractivity contribution in [3.63, 3.8) is 0 Å². The summed E-state index contributed by atoms with van der Waals surface area (Å²) in [5, 5.41) is 10.8. The number of fused-ring (bicyclic) bond motifs is 1. The molecule has 0 aliphatic heterocycles. The number of hydrogen-bond donors (Lipinski definition) is 0. The Balaban J connectivity index is 2.51. The van der Waals surface area contributed by atoms with E-state index in [-0.39, 0.29) is 0 Å². The summed E-state index contributed by atoms with van der Waals surface area (Å²) in [6, 6.07) is 8.03. The second-order valence-corrected chi connectivity index (χ2v) is 3.94. The monoisotopic (exact) mass is 220 g/mol. The van der Waals surface area contributed by atoms with Crippen molar-refractivity contribution in [1.82, 2.24) is 10.2 Å². The third-order valence-corrected chi connectivity index (χ3v) is 2.77. The van der Waals surface area contributed by atoms with Crippen LogP contribution in [0.2, 0.25) is 5.15 Å². The summed E-state index contributed by atoms with van der Waals surface area (Å²) < 4.78 is 0. The molecule has 0 N–H and O–H groups in total. The van der Waals surface area contributed by atoms with Gasteiger partial charge >= 0.3 is 0 Å². The molecule has 15 heavy (non-hydrogen) atoms. The summed E-state index contributed by atoms with van der Waals surface area (Å²) in [6.45, 7) is 2.17. The van der Waals surface area contributed by atoms with Gasteiger partial charge in [-0.15, -0.1) is 5.10 Å². The maximum atomic E-state index is 5.99. The van der Waals surface area contributed by atoms with E-state index in [1.54, 1.807) is 0 Å². The van der Waals surface area contributed by atoms with Gasteiger partial charge in [0, 0.05) is 10.8 Å². The number of nitrogens with zero attached hydrogens (tertiary/aromatic N) is 2. The summed E-state index contributed by atoms with van der Waals surface area (Å²) in [6.07, 6.45) is 3.28. The van der Waals surface area contributed by atoms with Gasteiger partial charge < -0.3 is 0 Å². The molecule has 0 unspecified atom stereocenters. The standard InChI is InChI=1S/C12H13ClN2/c1-2-3-8-11-9-6-4-5-7-10(9)12(13)15-14-11/h4-7H,2-3,8H2,1H3. The topological polar surface area (TPSA) is 25.8 Å². The lowest BCUT2D eigenvalue weighted by Gasteiger charge is -2.04. The SMILES string of the molecule is CCCCc1nnc(Cl)c2ccccc12. The van der Waals surface area contributed by atoms with Crippen molar-refractivity contribution in [3.8, 4) is 0 Å². The molecular formula is C12H13ClN2. The Morgan fingerprint density at radius 3 is 2.60 bits per heavy atom. The minimum atomic E-state index is 0.492. The lowest BCUT2D eigenvalue weighted by molar-refractivity contribution is 0.767. The van der Waals surface area contributed by atoms with Crippen LogP contribution in [-0.2, 0) is 6.42 Å². The van der Waals surface area contributed by atoms with Crippen molar-refractivity contribution in [2.75, 3.05) is 0 Å². The van der Waals surface area contributed by atoms with Gasteiger partial charge in [-0.25, -0.2) is 0 Å². The van der Waals surface area contributed by atoms with Crippen molar-refractivity contribution in [3.05, 3.63) is 35.1 Å². The molecule has 1 aromatic carbocycles. The second-order valence-electron chi connectivity index (χ2n) is 3.59. The molecule has 1 aromatic heterocycles. The molecule has 0 amide bonds. The van der Waals surface area contributed by atoms with Crippen molar-refractivity contribution in [1.29, 1.82) is 0 Å². The molecular weight excluding hydrogens is 208 g/mol. The molecule has 0 bridgehead atoms. The first-order valence-corrected chi connectivity index (χ1v) is 5.60. The molecule has 0 aliphatic rings. The van der Waals surface area contributed by atoms with Crippen LogP contribution in [0.3, 0.4) is 0 Å². The van der Waals surface area contributed by atoms with E-state index >= 15 is 0 Å². The maximum Gasteiger partial charge on any atom is 0.159 e. The lowest BCUT2D eigenvalue weighted by Crippen LogP contribution is -1.95. The summed E-state index contributed by atoms with van der Waals surface area (Å²) in [4.78, 5) is 0. The highest BCUT2D eigenvalue weighted by Crippen LogP contribution is 2.23. The molecule has 0 fully saturated rings. The van der Waals surface area contributed by atoms with Gasteiger partial charge in [0.25, 0.3) is 0 Å². The van der Waals surface area contributed by atoms with Crippen LogP contribution in [0.1, 0.15) is 25.5 Å². The van der Waals surface area contributed by atoms with E-state index in [1.807, 2.05) is 18.2 Å². The van der Waals surface area contributed by atoms with Crippen molar-refractivity contribution in [2.24, 2.45) is 0 Å². The third kappa shape index (κ3) is 2.10. The molecule has 0 spiro atoms. The normalized spacial score (nSPS) is 10.8. The number of benzene rings is 1. The summed E-state index contributed by atoms with van der Waals surface area (Å²) in [5.74, 6) is 0. The predicted octanol–water partition coefficient (Wildman–Crippen LogP) is 3.63. The Bertz CT molecular complexity index is 468. The van der Waals surface area contributed by atoms with Gasteiger partial charge in [0.05, 0.1) is 5.69 Å². The van der Waals surface area contributed by atoms with Gasteiger partial charge in [-0.05, 0) is 12.8 Å². The van der Waals surface area contributed by atoms with Crippen LogP contribution in [0.4, 0.5) is 0 Å². The highest BCUT2D eigenvalue weighted by atomic mass is 35.5. The zero-order valence-electron chi connectivity index (χ0n) is 8.70. The fourth-order valence-corrected chi connectivity index (χ4v) is 1.86. The Kier molecular flexibility index (Phi) is 3.17. The Morgan fingerprint density at radius 1 is 1.13 bits per heavy atom. The Labute approximate surface area is 94.3 Å². The van der Waals surface area contributed by atoms with E-state index in [4.69, 9.17) is 11.6 Å². The average molecular weight is 221 g/mol. The number of aromatic nitrogens is 2. The predicted molar refractivity (Wildman–Crippen MR) is 63.2 cm³/mol. The lowest BCUT2D eigenvalue weighted by atomic mass is 10.1. The first-order chi connectivity index (χ1) is 7.33. The molecule has 1 heterocycles. The van der Waals surface area contributed by atoms with E-state index in [0.717, 1.165) is 29.3 Å². The quantitative estimate of drug-likeness (QED) is 0.790. The highest BCUT2D eigenvalue weighted by Gasteiger charge is 2.06. The summed E-state index contributed by atoms with van der Waals surface area (Å²) in [5.41, 5.74) is 1.05. The van der Waals surface area contributed by atoms with E-state index in [9.17, 15) is 0 Å². The second kappa shape index (κ2) is 4.58. The molecule has 0 radical (unpaired) electrons. The van der Waals surface area contributed by atoms with Crippen LogP contribution in [0.25, 0.3) is 10.8 Å². The van der Waals surface area contributed by atoms with Crippen LogP contribution < -0.4 is 0 Å². The van der Waals surface area contributed by atoms with Crippen LogP contribution in [0.15, 0.2) is 24.3 Å². The number of hydrogen-bond acceptors (Lipinski definition) is 2. The van der Waals surface area contributed by atoms with Crippen LogP contribution >= 0.6 is 11.6 Å². The van der Waals surface area contributed by atoms with Crippen LogP contribution in [0, 0.1) is 0 Å². The molecule has 0 atom stereocenters. The van der Waals surface area contributed by atoms with Gasteiger partial charge in [-0.2, -0.15) is 5.10 Å². The number of aryl methyl sites for hydroxylation is 1. The van der Waals surface area contributed by atoms with E-state index < -0.39 is 0 Å². The van der Waals surface area contributed by atoms with Gasteiger partial charge in [-0.3, -0.25) is 0 Å². The molecule has 0 aliphatic carbocycles. The third-order valence-electron chi connectivity index (χ3n) is 2.49. The smallest absolute Gasteiger partial charge is 0.153 e. The van der Waals surface area contributed by atoms with E-state index in [0.29, 0.717) is 5.15 Å². The van der Waals surface area contributed by atoms with Gasteiger partial charge in [0.2, 0.25) is 0 Å². The minimum absolute atomic E-state index is 0.492.